The summed E-state index contributed by atoms with van der Waals surface area (Å²) in [5.41, 5.74) is 4.48. The van der Waals surface area contributed by atoms with E-state index in [0.29, 0.717) is 10.1 Å². The molecule has 1 heterocycles. The Morgan fingerprint density at radius 2 is 1.62 bits per heavy atom. The second-order valence-electron chi connectivity index (χ2n) is 7.58. The van der Waals surface area contributed by atoms with E-state index in [-0.39, 0.29) is 11.3 Å². The molecule has 1 fully saturated rings. The van der Waals surface area contributed by atoms with Crippen molar-refractivity contribution in [3.63, 3.8) is 0 Å². The second kappa shape index (κ2) is 7.12. The van der Waals surface area contributed by atoms with Gasteiger partial charge in [0.15, 0.2) is 5.17 Å². The van der Waals surface area contributed by atoms with Crippen LogP contribution in [0.4, 0.5) is 5.69 Å². The van der Waals surface area contributed by atoms with E-state index in [2.05, 4.69) is 50.0 Å². The highest BCUT2D eigenvalue weighted by atomic mass is 32.2. The smallest absolute Gasteiger partial charge is 0.266 e. The Labute approximate surface area is 159 Å². The molecular formula is C22H24N2OS. The zero-order chi connectivity index (χ0) is 18.9. The second-order valence-corrected chi connectivity index (χ2v) is 8.59. The normalized spacial score (nSPS) is 18.2. The van der Waals surface area contributed by atoms with E-state index in [1.807, 2.05) is 37.3 Å². The van der Waals surface area contributed by atoms with E-state index >= 15 is 0 Å². The van der Waals surface area contributed by atoms with Crippen LogP contribution in [0, 0.1) is 6.92 Å². The lowest BCUT2D eigenvalue weighted by Crippen LogP contribution is -2.23. The highest BCUT2D eigenvalue weighted by Gasteiger charge is 2.30. The quantitative estimate of drug-likeness (QED) is 0.657. The molecule has 0 saturated carbocycles. The van der Waals surface area contributed by atoms with Gasteiger partial charge in [-0.05, 0) is 53.4 Å². The van der Waals surface area contributed by atoms with Gasteiger partial charge in [-0.15, -0.1) is 0 Å². The minimum Gasteiger partial charge on any atom is -0.290 e. The third kappa shape index (κ3) is 4.07. The minimum atomic E-state index is -0.0132. The predicted octanol–water partition coefficient (Wildman–Crippen LogP) is 5.53. The van der Waals surface area contributed by atoms with Crippen LogP contribution in [0.5, 0.6) is 0 Å². The van der Waals surface area contributed by atoms with E-state index in [4.69, 9.17) is 0 Å². The van der Waals surface area contributed by atoms with Gasteiger partial charge in [0, 0.05) is 7.05 Å². The Hall–Kier alpha value is -2.33. The van der Waals surface area contributed by atoms with Crippen LogP contribution in [0.2, 0.25) is 0 Å². The van der Waals surface area contributed by atoms with Gasteiger partial charge in [0.05, 0.1) is 10.6 Å². The monoisotopic (exact) mass is 364 g/mol. The summed E-state index contributed by atoms with van der Waals surface area (Å²) in [5.74, 6) is -0.0132. The number of carbonyl (C=O) groups is 1. The lowest BCUT2D eigenvalue weighted by atomic mass is 9.87. The number of nitrogens with zero attached hydrogens (tertiary/aromatic N) is 2. The lowest BCUT2D eigenvalue weighted by molar-refractivity contribution is -0.121. The van der Waals surface area contributed by atoms with Crippen LogP contribution in [0.25, 0.3) is 6.08 Å². The fraction of sp³-hybridized carbons (Fsp3) is 0.273. The number of aliphatic imine (C=N–C) groups is 1. The van der Waals surface area contributed by atoms with E-state index in [1.165, 1.54) is 22.9 Å². The van der Waals surface area contributed by atoms with E-state index < -0.39 is 0 Å². The summed E-state index contributed by atoms with van der Waals surface area (Å²) in [6.07, 6.45) is 1.94. The van der Waals surface area contributed by atoms with E-state index in [1.54, 1.807) is 11.9 Å². The number of carbonyl (C=O) groups excluding carboxylic acids is 1. The van der Waals surface area contributed by atoms with Gasteiger partial charge in [-0.3, -0.25) is 9.69 Å². The molecule has 2 aromatic carbocycles. The molecule has 0 spiro atoms. The maximum absolute atomic E-state index is 12.5. The third-order valence-corrected chi connectivity index (χ3v) is 5.40. The minimum absolute atomic E-state index is 0.0132. The fourth-order valence-electron chi connectivity index (χ4n) is 2.61. The Morgan fingerprint density at radius 1 is 1.00 bits per heavy atom. The Kier molecular flexibility index (Phi) is 5.05. The summed E-state index contributed by atoms with van der Waals surface area (Å²) in [6.45, 7) is 8.63. The van der Waals surface area contributed by atoms with Crippen molar-refractivity contribution in [2.45, 2.75) is 33.1 Å². The molecule has 0 bridgehead atoms. The number of likely N-dealkylation sites (N-methyl/N-ethyl adjacent to an activating group) is 1. The van der Waals surface area contributed by atoms with Crippen LogP contribution in [-0.4, -0.2) is 23.0 Å². The number of thioether (sulfide) groups is 1. The van der Waals surface area contributed by atoms with Crippen molar-refractivity contribution in [1.29, 1.82) is 0 Å². The molecule has 0 atom stereocenters. The van der Waals surface area contributed by atoms with Gasteiger partial charge in [0.25, 0.3) is 5.91 Å². The molecule has 4 heteroatoms. The molecule has 1 aliphatic heterocycles. The molecule has 3 rings (SSSR count). The molecule has 1 amide bonds. The number of hydrogen-bond donors (Lipinski definition) is 0. The summed E-state index contributed by atoms with van der Waals surface area (Å²) in [7, 11) is 1.77. The van der Waals surface area contributed by atoms with Crippen molar-refractivity contribution in [1.82, 2.24) is 4.90 Å². The number of aryl methyl sites for hydroxylation is 1. The summed E-state index contributed by atoms with van der Waals surface area (Å²) in [5, 5.41) is 0.705. The molecule has 0 aromatic heterocycles. The van der Waals surface area contributed by atoms with Gasteiger partial charge in [0.1, 0.15) is 0 Å². The Balaban J connectivity index is 1.84. The fourth-order valence-corrected chi connectivity index (χ4v) is 3.60. The molecule has 0 unspecified atom stereocenters. The largest absolute Gasteiger partial charge is 0.290 e. The Morgan fingerprint density at radius 3 is 2.19 bits per heavy atom. The van der Waals surface area contributed by atoms with Gasteiger partial charge < -0.3 is 0 Å². The molecular weight excluding hydrogens is 340 g/mol. The van der Waals surface area contributed by atoms with Crippen LogP contribution in [-0.2, 0) is 10.2 Å². The Bertz CT molecular complexity index is 872. The number of amidine groups is 1. The maximum Gasteiger partial charge on any atom is 0.266 e. The summed E-state index contributed by atoms with van der Waals surface area (Å²) >= 11 is 1.42. The molecule has 0 aliphatic carbocycles. The van der Waals surface area contributed by atoms with Crippen LogP contribution in [0.15, 0.2) is 58.4 Å². The number of amides is 1. The van der Waals surface area contributed by atoms with Crippen LogP contribution < -0.4 is 0 Å². The van der Waals surface area contributed by atoms with Crippen molar-refractivity contribution in [3.8, 4) is 0 Å². The zero-order valence-electron chi connectivity index (χ0n) is 15.9. The molecule has 3 nitrogen and oxygen atoms in total. The molecule has 0 radical (unpaired) electrons. The average molecular weight is 365 g/mol. The number of hydrogen-bond acceptors (Lipinski definition) is 3. The summed E-state index contributed by atoms with van der Waals surface area (Å²) < 4.78 is 0. The van der Waals surface area contributed by atoms with E-state index in [0.717, 1.165) is 11.3 Å². The van der Waals surface area contributed by atoms with Crippen molar-refractivity contribution >= 4 is 34.6 Å². The van der Waals surface area contributed by atoms with Gasteiger partial charge in [-0.2, -0.15) is 0 Å². The molecule has 26 heavy (non-hydrogen) atoms. The van der Waals surface area contributed by atoms with Gasteiger partial charge in [0.2, 0.25) is 0 Å². The summed E-state index contributed by atoms with van der Waals surface area (Å²) in [4.78, 5) is 19.5. The standard InChI is InChI=1S/C22H24N2OS/c1-15-6-12-18(13-7-15)23-21-24(5)20(25)19(26-21)14-16-8-10-17(11-9-16)22(2,3)4/h6-14H,1-5H3/b19-14+,23-21?. The van der Waals surface area contributed by atoms with Crippen LogP contribution in [0.1, 0.15) is 37.5 Å². The number of benzene rings is 2. The van der Waals surface area contributed by atoms with E-state index in [9.17, 15) is 4.79 Å². The SMILES string of the molecule is Cc1ccc(N=C2S/C(=C/c3ccc(C(C)(C)C)cc3)C(=O)N2C)cc1. The third-order valence-electron chi connectivity index (χ3n) is 4.34. The highest BCUT2D eigenvalue weighted by Crippen LogP contribution is 2.33. The lowest BCUT2D eigenvalue weighted by Gasteiger charge is -2.18. The first-order valence-electron chi connectivity index (χ1n) is 8.67. The summed E-state index contributed by atoms with van der Waals surface area (Å²) in [6, 6.07) is 16.4. The number of rotatable bonds is 2. The van der Waals surface area contributed by atoms with Crippen molar-refractivity contribution in [2.75, 3.05) is 7.05 Å². The van der Waals surface area contributed by atoms with Gasteiger partial charge in [-0.1, -0.05) is 62.7 Å². The first-order valence-corrected chi connectivity index (χ1v) is 9.49. The van der Waals surface area contributed by atoms with Gasteiger partial charge >= 0.3 is 0 Å². The highest BCUT2D eigenvalue weighted by molar-refractivity contribution is 8.18. The van der Waals surface area contributed by atoms with Crippen molar-refractivity contribution in [2.24, 2.45) is 4.99 Å². The maximum atomic E-state index is 12.5. The average Bonchev–Trinajstić information content (AvgIpc) is 2.85. The van der Waals surface area contributed by atoms with Crippen molar-refractivity contribution < 1.29 is 4.79 Å². The van der Waals surface area contributed by atoms with Crippen LogP contribution >= 0.6 is 11.8 Å². The van der Waals surface area contributed by atoms with Crippen molar-refractivity contribution in [3.05, 3.63) is 70.1 Å². The predicted molar refractivity (Wildman–Crippen MR) is 112 cm³/mol. The molecule has 2 aromatic rings. The molecule has 1 aliphatic rings. The molecule has 134 valence electrons. The van der Waals surface area contributed by atoms with Crippen LogP contribution in [0.3, 0.4) is 0 Å². The first kappa shape index (κ1) is 18.5. The van der Waals surface area contributed by atoms with Gasteiger partial charge in [-0.25, -0.2) is 4.99 Å². The molecule has 1 saturated heterocycles. The molecule has 0 N–H and O–H groups in total. The zero-order valence-corrected chi connectivity index (χ0v) is 16.7. The topological polar surface area (TPSA) is 32.7 Å². The first-order chi connectivity index (χ1) is 12.2.